The van der Waals surface area contributed by atoms with Gasteiger partial charge in [0.15, 0.2) is 0 Å². The van der Waals surface area contributed by atoms with E-state index in [-0.39, 0.29) is 85.8 Å². The van der Waals surface area contributed by atoms with E-state index in [1.54, 1.807) is 78.1 Å². The average Bonchev–Trinajstić information content (AvgIpc) is 3.91. The highest BCUT2D eigenvalue weighted by Crippen LogP contribution is 2.37. The van der Waals surface area contributed by atoms with Crippen molar-refractivity contribution in [3.8, 4) is 0 Å². The van der Waals surface area contributed by atoms with Crippen molar-refractivity contribution in [1.29, 1.82) is 0 Å². The molecule has 15 heteroatoms. The van der Waals surface area contributed by atoms with Crippen molar-refractivity contribution in [3.05, 3.63) is 142 Å². The maximum atomic E-state index is 15.7. The van der Waals surface area contributed by atoms with Crippen molar-refractivity contribution >= 4 is 41.2 Å². The summed E-state index contributed by atoms with van der Waals surface area (Å²) in [4.78, 5) is 105. The highest BCUT2D eigenvalue weighted by atomic mass is 19.1. The summed E-state index contributed by atoms with van der Waals surface area (Å²) in [6.45, 7) is 18.8. The molecule has 418 valence electrons. The topological polar surface area (TPSA) is 177 Å². The van der Waals surface area contributed by atoms with Gasteiger partial charge >= 0.3 is 0 Å². The molecule has 0 spiro atoms. The van der Waals surface area contributed by atoms with Crippen molar-refractivity contribution in [1.82, 2.24) is 36.0 Å². The Morgan fingerprint density at radius 1 is 0.744 bits per heavy atom. The number of nitrogens with zero attached hydrogens (tertiary/aromatic N) is 3. The SMILES string of the molecule is CC[C@@H](C)C(=O)N[C@H](C(=O)N1Cc2ccccc2C[C@H]1C(=O)N(Cc1ccc(C(=O)N[C@H]2C[C@@H](C(=O)N[C@@H]3CCCc4ccccc43)N(C(=O)[C@@H](CC(=O)[C@H](C)NC)C(C)(C)C)C2)cc1)C(C)c1ccccc1F)C(C)(C)C. The summed E-state index contributed by atoms with van der Waals surface area (Å²) in [7, 11) is 1.70. The molecule has 1 saturated heterocycles. The number of carbonyl (C=O) groups is 7. The molecule has 2 heterocycles. The molecule has 4 aromatic carbocycles. The molecule has 0 aromatic heterocycles. The Kier molecular flexibility index (Phi) is 18.8. The zero-order chi connectivity index (χ0) is 56.8. The number of rotatable bonds is 18. The molecule has 1 aliphatic carbocycles. The first-order valence-electron chi connectivity index (χ1n) is 27.9. The Bertz CT molecular complexity index is 2840. The summed E-state index contributed by atoms with van der Waals surface area (Å²) >= 11 is 0. The van der Waals surface area contributed by atoms with Crippen LogP contribution in [0.3, 0.4) is 0 Å². The van der Waals surface area contributed by atoms with Crippen molar-refractivity contribution in [2.24, 2.45) is 22.7 Å². The van der Waals surface area contributed by atoms with Crippen LogP contribution in [0.2, 0.25) is 0 Å². The third kappa shape index (κ3) is 13.6. The maximum Gasteiger partial charge on any atom is 0.251 e. The minimum absolute atomic E-state index is 0.00361. The van der Waals surface area contributed by atoms with Gasteiger partial charge in [0, 0.05) is 61.5 Å². The van der Waals surface area contributed by atoms with Gasteiger partial charge in [-0.2, -0.15) is 0 Å². The Labute approximate surface area is 461 Å². The lowest BCUT2D eigenvalue weighted by Gasteiger charge is -2.43. The number of likely N-dealkylation sites (tertiary alicyclic amines) is 1. The molecule has 0 bridgehead atoms. The van der Waals surface area contributed by atoms with Crippen molar-refractivity contribution in [2.45, 2.75) is 170 Å². The van der Waals surface area contributed by atoms with E-state index < -0.39 is 70.6 Å². The number of halogens is 1. The van der Waals surface area contributed by atoms with Gasteiger partial charge in [0.2, 0.25) is 29.5 Å². The Balaban J connectivity index is 1.15. The summed E-state index contributed by atoms with van der Waals surface area (Å²) < 4.78 is 15.7. The van der Waals surface area contributed by atoms with E-state index in [0.29, 0.717) is 17.5 Å². The number of aryl methyl sites for hydroxylation is 1. The number of Topliss-reactive ketones (excluding diaryl/α,β-unsaturated/α-hetero) is 1. The number of likely N-dealkylation sites (N-methyl/N-ethyl adjacent to an activating group) is 1. The lowest BCUT2D eigenvalue weighted by molar-refractivity contribution is -0.152. The van der Waals surface area contributed by atoms with Crippen LogP contribution in [0.5, 0.6) is 0 Å². The van der Waals surface area contributed by atoms with Crippen LogP contribution in [0, 0.1) is 28.5 Å². The first-order valence-corrected chi connectivity index (χ1v) is 27.9. The Morgan fingerprint density at radius 3 is 2.03 bits per heavy atom. The van der Waals surface area contributed by atoms with Crippen LogP contribution in [0.4, 0.5) is 4.39 Å². The molecule has 0 radical (unpaired) electrons. The van der Waals surface area contributed by atoms with Crippen LogP contribution in [0.15, 0.2) is 97.1 Å². The summed E-state index contributed by atoms with van der Waals surface area (Å²) in [5, 5.41) is 12.4. The predicted octanol–water partition coefficient (Wildman–Crippen LogP) is 8.57. The van der Waals surface area contributed by atoms with E-state index in [9.17, 15) is 28.8 Å². The quantitative estimate of drug-likeness (QED) is 0.0766. The number of carbonyl (C=O) groups excluding carboxylic acids is 7. The fourth-order valence-electron chi connectivity index (χ4n) is 11.2. The van der Waals surface area contributed by atoms with Crippen LogP contribution in [0.1, 0.15) is 157 Å². The molecule has 4 N–H and O–H groups in total. The normalized spacial score (nSPS) is 20.2. The molecule has 2 aliphatic heterocycles. The molecule has 4 aromatic rings. The van der Waals surface area contributed by atoms with Crippen LogP contribution in [-0.4, -0.2) is 99.7 Å². The Morgan fingerprint density at radius 2 is 1.38 bits per heavy atom. The second-order valence-electron chi connectivity index (χ2n) is 24.1. The first-order chi connectivity index (χ1) is 36.9. The monoisotopic (exact) mass is 1070 g/mol. The molecule has 7 rings (SSSR count). The van der Waals surface area contributed by atoms with Crippen LogP contribution < -0.4 is 21.3 Å². The highest BCUT2D eigenvalue weighted by Gasteiger charge is 2.47. The van der Waals surface area contributed by atoms with Gasteiger partial charge in [0.1, 0.15) is 29.7 Å². The summed E-state index contributed by atoms with van der Waals surface area (Å²) in [5.74, 6) is -3.78. The van der Waals surface area contributed by atoms with Crippen molar-refractivity contribution in [3.63, 3.8) is 0 Å². The number of fused-ring (bicyclic) bond motifs is 2. The lowest BCUT2D eigenvalue weighted by atomic mass is 9.76. The highest BCUT2D eigenvalue weighted by molar-refractivity contribution is 5.96. The first kappa shape index (κ1) is 58.9. The minimum atomic E-state index is -1.00. The zero-order valence-electron chi connectivity index (χ0n) is 47.6. The van der Waals surface area contributed by atoms with Crippen LogP contribution in [0.25, 0.3) is 0 Å². The second-order valence-corrected chi connectivity index (χ2v) is 24.1. The summed E-state index contributed by atoms with van der Waals surface area (Å²) in [6.07, 6.45) is 3.49. The number of nitrogens with one attached hydrogen (secondary N) is 4. The molecule has 78 heavy (non-hydrogen) atoms. The number of amides is 6. The van der Waals surface area contributed by atoms with Gasteiger partial charge in [0.25, 0.3) is 5.91 Å². The fraction of sp³-hybridized carbons (Fsp3) is 0.508. The standard InChI is InChI=1S/C63H82FN7O7/c1-12-38(2)56(73)68-55(63(8,9)10)61(78)70-36-45-22-14-13-21-44(45)32-53(70)60(77)69(40(4)47-24-17-18-26-50(47)64)35-41-28-30-43(31-29-41)57(74)66-46-33-52(58(75)67-51-27-19-23-42-20-15-16-25-48(42)51)71(37-46)59(76)49(62(5,6)7)34-54(72)39(3)65-11/h13-18,20-22,24-26,28-31,38-40,46,49,51-53,55,65H,12,19,23,27,32-37H2,1-11H3,(H,66,74)(H,67,75)(H,68,73)/t38-,39+,40?,46+,49-,51-,52+,53+,55-/m1/s1. The third-order valence-corrected chi connectivity index (χ3v) is 16.5. The van der Waals surface area contributed by atoms with E-state index in [2.05, 4.69) is 27.3 Å². The largest absolute Gasteiger partial charge is 0.347 e. The molecule has 14 nitrogen and oxygen atoms in total. The zero-order valence-corrected chi connectivity index (χ0v) is 47.6. The maximum absolute atomic E-state index is 15.7. The number of benzene rings is 4. The fourth-order valence-corrected chi connectivity index (χ4v) is 11.2. The Hall–Kier alpha value is -6.74. The van der Waals surface area contributed by atoms with E-state index in [4.69, 9.17) is 0 Å². The van der Waals surface area contributed by atoms with Gasteiger partial charge in [-0.1, -0.05) is 134 Å². The van der Waals surface area contributed by atoms with Gasteiger partial charge in [0.05, 0.1) is 18.1 Å². The molecule has 0 saturated carbocycles. The van der Waals surface area contributed by atoms with E-state index in [0.717, 1.165) is 36.0 Å². The van der Waals surface area contributed by atoms with Crippen LogP contribution in [-0.2, 0) is 54.7 Å². The predicted molar refractivity (Wildman–Crippen MR) is 300 cm³/mol. The number of hydrogen-bond acceptors (Lipinski definition) is 8. The summed E-state index contributed by atoms with van der Waals surface area (Å²) in [6, 6.07) is 23.8. The van der Waals surface area contributed by atoms with Crippen molar-refractivity contribution in [2.75, 3.05) is 13.6 Å². The lowest BCUT2D eigenvalue weighted by Crippen LogP contribution is -2.61. The van der Waals surface area contributed by atoms with Gasteiger partial charge in [-0.15, -0.1) is 0 Å². The number of hydrogen-bond donors (Lipinski definition) is 4. The molecule has 1 unspecified atom stereocenters. The van der Waals surface area contributed by atoms with Gasteiger partial charge < -0.3 is 36.0 Å². The van der Waals surface area contributed by atoms with E-state index in [1.165, 1.54) is 11.6 Å². The number of ketones is 1. The van der Waals surface area contributed by atoms with E-state index >= 15 is 9.18 Å². The van der Waals surface area contributed by atoms with Gasteiger partial charge in [-0.05, 0) is 110 Å². The van der Waals surface area contributed by atoms with Gasteiger partial charge in [-0.25, -0.2) is 4.39 Å². The molecular weight excluding hydrogens is 986 g/mol. The van der Waals surface area contributed by atoms with Crippen LogP contribution >= 0.6 is 0 Å². The smallest absolute Gasteiger partial charge is 0.251 e. The molecule has 9 atom stereocenters. The second kappa shape index (κ2) is 24.9. The third-order valence-electron chi connectivity index (χ3n) is 16.5. The average molecular weight is 1070 g/mol. The molecular formula is C63H82FN7O7. The van der Waals surface area contributed by atoms with Gasteiger partial charge in [-0.3, -0.25) is 33.6 Å². The van der Waals surface area contributed by atoms with E-state index in [1.807, 2.05) is 97.9 Å². The minimum Gasteiger partial charge on any atom is -0.347 e. The summed E-state index contributed by atoms with van der Waals surface area (Å²) in [5.41, 5.74) is 3.92. The molecule has 3 aliphatic rings. The molecule has 1 fully saturated rings. The molecule has 6 amide bonds. The van der Waals surface area contributed by atoms with Crippen molar-refractivity contribution < 1.29 is 38.0 Å².